The Morgan fingerprint density at radius 1 is 0.361 bits per heavy atom. The fraction of sp³-hybridized carbons (Fsp3) is 0.0667. The van der Waals surface area contributed by atoms with Crippen LogP contribution in [0.5, 0.6) is 0 Å². The quantitative estimate of drug-likeness (QED) is 0.163. The highest BCUT2D eigenvalue weighted by Gasteiger charge is 2.47. The van der Waals surface area contributed by atoms with Gasteiger partial charge in [-0.3, -0.25) is 0 Å². The average molecular weight is 778 g/mol. The highest BCUT2D eigenvalue weighted by Crippen LogP contribution is 2.62. The number of nitrogens with zero attached hydrogens (tertiary/aromatic N) is 1. The first kappa shape index (κ1) is 35.5. The first-order valence-electron chi connectivity index (χ1n) is 21.4. The summed E-state index contributed by atoms with van der Waals surface area (Å²) in [6, 6.07) is 83.7. The van der Waals surface area contributed by atoms with Crippen LogP contribution < -0.4 is 4.90 Å². The molecule has 12 rings (SSSR count). The summed E-state index contributed by atoms with van der Waals surface area (Å²) in [5.41, 5.74) is 18.1. The number of hydrogen-bond donors (Lipinski definition) is 0. The molecule has 10 aromatic carbocycles. The predicted molar refractivity (Wildman–Crippen MR) is 256 cm³/mol. The molecule has 0 heterocycles. The molecule has 0 N–H and O–H groups in total. The predicted octanol–water partition coefficient (Wildman–Crippen LogP) is 15.8. The summed E-state index contributed by atoms with van der Waals surface area (Å²) in [5.74, 6) is 0. The van der Waals surface area contributed by atoms with Crippen molar-refractivity contribution in [1.29, 1.82) is 0 Å². The van der Waals surface area contributed by atoms with Crippen LogP contribution in [0, 0.1) is 0 Å². The van der Waals surface area contributed by atoms with Crippen molar-refractivity contribution >= 4 is 38.6 Å². The minimum Gasteiger partial charge on any atom is -0.309 e. The molecule has 10 aromatic rings. The molecule has 0 saturated heterocycles. The first-order chi connectivity index (χ1) is 30.0. The van der Waals surface area contributed by atoms with Gasteiger partial charge in [0.25, 0.3) is 0 Å². The van der Waals surface area contributed by atoms with Gasteiger partial charge >= 0.3 is 0 Å². The molecule has 2 aliphatic carbocycles. The fourth-order valence-corrected chi connectivity index (χ4v) is 11.1. The van der Waals surface area contributed by atoms with Crippen LogP contribution >= 0.6 is 0 Å². The third-order valence-electron chi connectivity index (χ3n) is 13.7. The SMILES string of the molecule is CC1(C)c2ccccc2-c2c(N(c3ccc4c(c3)C(c3ccccc3)(c3ccccc3)c3ccccc3-4)c3ccc4ccccc4c3)c(-c3ccccc3)c3ccccc3c21. The Morgan fingerprint density at radius 3 is 1.61 bits per heavy atom. The summed E-state index contributed by atoms with van der Waals surface area (Å²) < 4.78 is 0. The third kappa shape index (κ3) is 5.08. The lowest BCUT2D eigenvalue weighted by Gasteiger charge is -2.36. The number of fused-ring (bicyclic) bond motifs is 9. The molecule has 0 saturated carbocycles. The number of rotatable bonds is 6. The highest BCUT2D eigenvalue weighted by molar-refractivity contribution is 6.16. The topological polar surface area (TPSA) is 3.24 Å². The number of benzene rings is 10. The maximum atomic E-state index is 2.60. The molecule has 0 fully saturated rings. The van der Waals surface area contributed by atoms with Gasteiger partial charge in [0.05, 0.1) is 11.1 Å². The Bertz CT molecular complexity index is 3290. The van der Waals surface area contributed by atoms with E-state index in [0.29, 0.717) is 0 Å². The van der Waals surface area contributed by atoms with Crippen LogP contribution in [0.4, 0.5) is 17.1 Å². The lowest BCUT2D eigenvalue weighted by atomic mass is 9.67. The molecule has 0 atom stereocenters. The van der Waals surface area contributed by atoms with Crippen LogP contribution in [0.3, 0.4) is 0 Å². The summed E-state index contributed by atoms with van der Waals surface area (Å²) >= 11 is 0. The van der Waals surface area contributed by atoms with Gasteiger partial charge in [0.15, 0.2) is 0 Å². The minimum absolute atomic E-state index is 0.236. The van der Waals surface area contributed by atoms with Crippen LogP contribution in [0.25, 0.3) is 54.9 Å². The molecule has 61 heavy (non-hydrogen) atoms. The van der Waals surface area contributed by atoms with Gasteiger partial charge in [-0.25, -0.2) is 0 Å². The van der Waals surface area contributed by atoms with Crippen LogP contribution in [0.1, 0.15) is 47.2 Å². The normalized spacial score (nSPS) is 14.0. The van der Waals surface area contributed by atoms with E-state index < -0.39 is 5.41 Å². The smallest absolute Gasteiger partial charge is 0.0714 e. The number of hydrogen-bond acceptors (Lipinski definition) is 1. The van der Waals surface area contributed by atoms with Gasteiger partial charge in [-0.15, -0.1) is 0 Å². The van der Waals surface area contributed by atoms with E-state index in [9.17, 15) is 0 Å². The van der Waals surface area contributed by atoms with E-state index in [1.807, 2.05) is 0 Å². The van der Waals surface area contributed by atoms with Crippen molar-refractivity contribution < 1.29 is 0 Å². The van der Waals surface area contributed by atoms with Crippen molar-refractivity contribution in [2.45, 2.75) is 24.7 Å². The second kappa shape index (κ2) is 13.5. The molecule has 0 amide bonds. The molecule has 0 radical (unpaired) electrons. The summed E-state index contributed by atoms with van der Waals surface area (Å²) in [6.07, 6.45) is 0. The van der Waals surface area contributed by atoms with E-state index in [4.69, 9.17) is 0 Å². The maximum absolute atomic E-state index is 2.60. The van der Waals surface area contributed by atoms with Gasteiger partial charge in [0.2, 0.25) is 0 Å². The van der Waals surface area contributed by atoms with E-state index >= 15 is 0 Å². The summed E-state index contributed by atoms with van der Waals surface area (Å²) in [6.45, 7) is 4.83. The molecule has 0 spiro atoms. The Labute approximate surface area is 357 Å². The zero-order valence-electron chi connectivity index (χ0n) is 34.3. The van der Waals surface area contributed by atoms with Gasteiger partial charge in [-0.05, 0) is 101 Å². The zero-order chi connectivity index (χ0) is 40.7. The second-order valence-corrected chi connectivity index (χ2v) is 17.2. The largest absolute Gasteiger partial charge is 0.309 e. The van der Waals surface area contributed by atoms with Crippen molar-refractivity contribution in [3.05, 3.63) is 258 Å². The third-order valence-corrected chi connectivity index (χ3v) is 13.7. The molecule has 0 bridgehead atoms. The van der Waals surface area contributed by atoms with Crippen LogP contribution in [-0.2, 0) is 10.8 Å². The van der Waals surface area contributed by atoms with Crippen LogP contribution in [0.2, 0.25) is 0 Å². The molecule has 2 aliphatic rings. The van der Waals surface area contributed by atoms with Crippen LogP contribution in [-0.4, -0.2) is 0 Å². The lowest BCUT2D eigenvalue weighted by molar-refractivity contribution is 0.666. The van der Waals surface area contributed by atoms with Crippen LogP contribution in [0.15, 0.2) is 224 Å². The van der Waals surface area contributed by atoms with Crippen molar-refractivity contribution in [2.24, 2.45) is 0 Å². The van der Waals surface area contributed by atoms with Gasteiger partial charge in [-0.2, -0.15) is 0 Å². The Morgan fingerprint density at radius 2 is 0.885 bits per heavy atom. The molecule has 0 aliphatic heterocycles. The zero-order valence-corrected chi connectivity index (χ0v) is 34.3. The average Bonchev–Trinajstić information content (AvgIpc) is 3.75. The molecule has 0 aromatic heterocycles. The molecular formula is C60H43N. The Hall–Kier alpha value is -7.48. The fourth-order valence-electron chi connectivity index (χ4n) is 11.1. The van der Waals surface area contributed by atoms with Gasteiger partial charge in [0, 0.05) is 27.9 Å². The van der Waals surface area contributed by atoms with Crippen molar-refractivity contribution in [1.82, 2.24) is 0 Å². The molecule has 288 valence electrons. The van der Waals surface area contributed by atoms with E-state index in [0.717, 1.165) is 11.4 Å². The minimum atomic E-state index is -0.540. The Balaban J connectivity index is 1.26. The molecule has 1 nitrogen and oxygen atoms in total. The molecule has 0 unspecified atom stereocenters. The highest BCUT2D eigenvalue weighted by atomic mass is 15.1. The lowest BCUT2D eigenvalue weighted by Crippen LogP contribution is -2.28. The maximum Gasteiger partial charge on any atom is 0.0714 e. The van der Waals surface area contributed by atoms with Crippen molar-refractivity contribution in [2.75, 3.05) is 4.90 Å². The van der Waals surface area contributed by atoms with E-state index in [1.54, 1.807) is 0 Å². The van der Waals surface area contributed by atoms with E-state index in [1.165, 1.54) is 94.0 Å². The van der Waals surface area contributed by atoms with Crippen molar-refractivity contribution in [3.63, 3.8) is 0 Å². The monoisotopic (exact) mass is 777 g/mol. The first-order valence-corrected chi connectivity index (χ1v) is 21.4. The van der Waals surface area contributed by atoms with E-state index in [-0.39, 0.29) is 5.41 Å². The van der Waals surface area contributed by atoms with Gasteiger partial charge in [0.1, 0.15) is 0 Å². The summed E-state index contributed by atoms with van der Waals surface area (Å²) in [7, 11) is 0. The van der Waals surface area contributed by atoms with E-state index in [2.05, 4.69) is 243 Å². The Kier molecular flexibility index (Phi) is 7.86. The van der Waals surface area contributed by atoms with Gasteiger partial charge < -0.3 is 4.90 Å². The second-order valence-electron chi connectivity index (χ2n) is 17.2. The summed E-state index contributed by atoms with van der Waals surface area (Å²) in [5, 5.41) is 4.99. The molecule has 1 heteroatoms. The number of anilines is 3. The van der Waals surface area contributed by atoms with Gasteiger partial charge in [-0.1, -0.05) is 214 Å². The standard InChI is InChI=1S/C60H43N/c1-59(2)52-32-18-17-31-51(52)56-57(59)50-30-15-14-29-49(50)55(41-21-6-3-7-22-41)58(56)61(45-35-34-40-20-12-13-23-42(40)38-45)46-36-37-48-47-28-16-19-33-53(47)60(54(48)39-46,43-24-8-4-9-25-43)44-26-10-5-11-27-44/h3-39H,1-2H3. The summed E-state index contributed by atoms with van der Waals surface area (Å²) in [4.78, 5) is 2.60. The van der Waals surface area contributed by atoms with Crippen molar-refractivity contribution in [3.8, 4) is 33.4 Å². The molecular weight excluding hydrogens is 735 g/mol.